The molecular formula is C24H26N4OS2. The Labute approximate surface area is 191 Å². The number of anilines is 1. The molecule has 4 rings (SSSR count). The Morgan fingerprint density at radius 3 is 2.84 bits per heavy atom. The maximum atomic E-state index is 12.7. The van der Waals surface area contributed by atoms with E-state index < -0.39 is 0 Å². The van der Waals surface area contributed by atoms with Crippen LogP contribution in [0, 0.1) is 0 Å². The van der Waals surface area contributed by atoms with Gasteiger partial charge in [-0.15, -0.1) is 11.3 Å². The predicted molar refractivity (Wildman–Crippen MR) is 134 cm³/mol. The molecule has 3 aromatic rings. The number of carbonyl (C=O) groups excluding carboxylic acids is 1. The fraction of sp³-hybridized carbons (Fsp3) is 0.208. The van der Waals surface area contributed by atoms with Crippen LogP contribution in [0.2, 0.25) is 0 Å². The summed E-state index contributed by atoms with van der Waals surface area (Å²) in [5.41, 5.74) is 4.41. The van der Waals surface area contributed by atoms with E-state index in [1.807, 2.05) is 86.1 Å². The Balaban J connectivity index is 0.00000132. The van der Waals surface area contributed by atoms with Crippen molar-refractivity contribution in [2.24, 2.45) is 0 Å². The third-order valence-electron chi connectivity index (χ3n) is 4.57. The van der Waals surface area contributed by atoms with Gasteiger partial charge in [-0.25, -0.2) is 4.98 Å². The largest absolute Gasteiger partial charge is 0.322 e. The van der Waals surface area contributed by atoms with E-state index in [-0.39, 0.29) is 5.91 Å². The lowest BCUT2D eigenvalue weighted by Crippen LogP contribution is -2.22. The SMILES string of the molecule is CC.CSN(C)c1cccc(C(=O)NC2=CC=C(c3nc4cnccc4s3)CC=C2)c1. The van der Waals surface area contributed by atoms with Crippen molar-refractivity contribution in [2.45, 2.75) is 20.3 Å². The van der Waals surface area contributed by atoms with Gasteiger partial charge < -0.3 is 9.62 Å². The summed E-state index contributed by atoms with van der Waals surface area (Å²) in [5, 5.41) is 3.98. The molecule has 0 saturated carbocycles. The lowest BCUT2D eigenvalue weighted by atomic mass is 10.2. The van der Waals surface area contributed by atoms with Crippen LogP contribution in [0.5, 0.6) is 0 Å². The molecule has 0 bridgehead atoms. The van der Waals surface area contributed by atoms with Crippen molar-refractivity contribution in [1.29, 1.82) is 0 Å². The molecule has 0 atom stereocenters. The first kappa shape index (κ1) is 22.8. The number of pyridine rings is 1. The van der Waals surface area contributed by atoms with E-state index >= 15 is 0 Å². The van der Waals surface area contributed by atoms with Crippen molar-refractivity contribution < 1.29 is 4.79 Å². The Morgan fingerprint density at radius 2 is 2.06 bits per heavy atom. The lowest BCUT2D eigenvalue weighted by Gasteiger charge is -2.16. The van der Waals surface area contributed by atoms with Gasteiger partial charge in [-0.1, -0.05) is 44.0 Å². The Bertz CT molecular complexity index is 1110. The van der Waals surface area contributed by atoms with E-state index in [0.29, 0.717) is 5.56 Å². The molecule has 7 heteroatoms. The summed E-state index contributed by atoms with van der Waals surface area (Å²) in [6.45, 7) is 4.00. The topological polar surface area (TPSA) is 58.1 Å². The van der Waals surface area contributed by atoms with Gasteiger partial charge in [0.05, 0.1) is 10.9 Å². The molecule has 1 aliphatic carbocycles. The lowest BCUT2D eigenvalue weighted by molar-refractivity contribution is 0.0967. The van der Waals surface area contributed by atoms with Gasteiger partial charge in [0.1, 0.15) is 10.5 Å². The van der Waals surface area contributed by atoms with Crippen LogP contribution >= 0.6 is 23.3 Å². The number of carbonyl (C=O) groups is 1. The first-order valence-corrected chi connectivity index (χ1v) is 12.1. The monoisotopic (exact) mass is 450 g/mol. The molecule has 0 fully saturated rings. The maximum absolute atomic E-state index is 12.7. The van der Waals surface area contributed by atoms with Crippen molar-refractivity contribution in [3.8, 4) is 0 Å². The van der Waals surface area contributed by atoms with Crippen molar-refractivity contribution in [3.05, 3.63) is 83.3 Å². The third-order valence-corrected chi connectivity index (χ3v) is 6.44. The minimum absolute atomic E-state index is 0.125. The molecule has 1 amide bonds. The van der Waals surface area contributed by atoms with Crippen LogP contribution in [0.4, 0.5) is 5.69 Å². The van der Waals surface area contributed by atoms with Crippen molar-refractivity contribution >= 4 is 50.7 Å². The standard InChI is InChI=1S/C22H20N4OS2.C2H6/c1-26(28-2)18-8-4-6-16(13-18)21(27)24-17-7-3-5-15(9-10-17)22-25-19-14-23-12-11-20(19)29-22;1-2/h3-4,6-14H,5H2,1-2H3,(H,24,27);1-2H3. The van der Waals surface area contributed by atoms with Gasteiger partial charge >= 0.3 is 0 Å². The number of benzene rings is 1. The van der Waals surface area contributed by atoms with Crippen LogP contribution in [-0.4, -0.2) is 29.2 Å². The van der Waals surface area contributed by atoms with Gasteiger partial charge in [-0.05, 0) is 48.4 Å². The normalized spacial score (nSPS) is 12.9. The average Bonchev–Trinajstić information content (AvgIpc) is 3.12. The molecule has 1 aromatic carbocycles. The first-order chi connectivity index (χ1) is 15.1. The van der Waals surface area contributed by atoms with Crippen LogP contribution < -0.4 is 9.62 Å². The quantitative estimate of drug-likeness (QED) is 0.477. The number of thiazole rings is 1. The Morgan fingerprint density at radius 1 is 1.23 bits per heavy atom. The van der Waals surface area contributed by atoms with Crippen molar-refractivity contribution in [1.82, 2.24) is 15.3 Å². The van der Waals surface area contributed by atoms with Crippen LogP contribution in [-0.2, 0) is 0 Å². The highest BCUT2D eigenvalue weighted by Gasteiger charge is 2.12. The van der Waals surface area contributed by atoms with Gasteiger partial charge in [0.15, 0.2) is 0 Å². The predicted octanol–water partition coefficient (Wildman–Crippen LogP) is 6.09. The first-order valence-electron chi connectivity index (χ1n) is 10.1. The van der Waals surface area contributed by atoms with E-state index in [0.717, 1.165) is 38.6 Å². The minimum atomic E-state index is -0.125. The van der Waals surface area contributed by atoms with Crippen molar-refractivity contribution in [3.63, 3.8) is 0 Å². The highest BCUT2D eigenvalue weighted by molar-refractivity contribution is 7.99. The summed E-state index contributed by atoms with van der Waals surface area (Å²) in [4.78, 5) is 21.5. The second-order valence-electron chi connectivity index (χ2n) is 6.47. The number of aromatic nitrogens is 2. The number of nitrogens with zero attached hydrogens (tertiary/aromatic N) is 3. The second-order valence-corrected chi connectivity index (χ2v) is 8.41. The molecule has 160 valence electrons. The number of fused-ring (bicyclic) bond motifs is 1. The highest BCUT2D eigenvalue weighted by atomic mass is 32.2. The summed E-state index contributed by atoms with van der Waals surface area (Å²) < 4.78 is 3.14. The average molecular weight is 451 g/mol. The fourth-order valence-electron chi connectivity index (χ4n) is 2.94. The van der Waals surface area contributed by atoms with Crippen molar-refractivity contribution in [2.75, 3.05) is 17.6 Å². The van der Waals surface area contributed by atoms with E-state index in [1.54, 1.807) is 35.7 Å². The molecule has 0 spiro atoms. The zero-order valence-corrected chi connectivity index (χ0v) is 19.8. The Kier molecular flexibility index (Phi) is 8.03. The third kappa shape index (κ3) is 5.62. The van der Waals surface area contributed by atoms with Crippen LogP contribution in [0.15, 0.2) is 72.7 Å². The zero-order chi connectivity index (χ0) is 22.2. The van der Waals surface area contributed by atoms with Crippen LogP contribution in [0.1, 0.15) is 35.6 Å². The van der Waals surface area contributed by atoms with Crippen LogP contribution in [0.3, 0.4) is 0 Å². The Hall–Kier alpha value is -2.90. The molecule has 2 aromatic heterocycles. The molecular weight excluding hydrogens is 424 g/mol. The highest BCUT2D eigenvalue weighted by Crippen LogP contribution is 2.29. The number of amides is 1. The summed E-state index contributed by atoms with van der Waals surface area (Å²) in [6.07, 6.45) is 14.3. The zero-order valence-electron chi connectivity index (χ0n) is 18.1. The summed E-state index contributed by atoms with van der Waals surface area (Å²) in [5.74, 6) is -0.125. The molecule has 1 aliphatic rings. The summed E-state index contributed by atoms with van der Waals surface area (Å²) in [7, 11) is 1.97. The minimum Gasteiger partial charge on any atom is -0.322 e. The van der Waals surface area contributed by atoms with Gasteiger partial charge in [-0.2, -0.15) is 0 Å². The number of allylic oxidation sites excluding steroid dienone is 5. The van der Waals surface area contributed by atoms with Gasteiger partial charge in [0.25, 0.3) is 5.91 Å². The molecule has 0 saturated heterocycles. The van der Waals surface area contributed by atoms with E-state index in [4.69, 9.17) is 0 Å². The molecule has 31 heavy (non-hydrogen) atoms. The number of hydrogen-bond acceptors (Lipinski definition) is 6. The number of hydrogen-bond donors (Lipinski definition) is 1. The van der Waals surface area contributed by atoms with E-state index in [2.05, 4.69) is 15.3 Å². The summed E-state index contributed by atoms with van der Waals surface area (Å²) in [6, 6.07) is 9.58. The van der Waals surface area contributed by atoms with Gasteiger partial charge in [0, 0.05) is 36.4 Å². The smallest absolute Gasteiger partial charge is 0.255 e. The molecule has 0 aliphatic heterocycles. The molecule has 0 unspecified atom stereocenters. The number of nitrogens with one attached hydrogen (secondary N) is 1. The maximum Gasteiger partial charge on any atom is 0.255 e. The molecule has 5 nitrogen and oxygen atoms in total. The molecule has 2 heterocycles. The van der Waals surface area contributed by atoms with Gasteiger partial charge in [0.2, 0.25) is 0 Å². The molecule has 0 radical (unpaired) electrons. The summed E-state index contributed by atoms with van der Waals surface area (Å²) >= 11 is 3.25. The fourth-order valence-corrected chi connectivity index (χ4v) is 4.23. The molecule has 1 N–H and O–H groups in total. The number of rotatable bonds is 5. The van der Waals surface area contributed by atoms with E-state index in [9.17, 15) is 4.79 Å². The van der Waals surface area contributed by atoms with E-state index in [1.165, 1.54) is 0 Å². The van der Waals surface area contributed by atoms with Crippen LogP contribution in [0.25, 0.3) is 15.8 Å². The second kappa shape index (κ2) is 10.9. The van der Waals surface area contributed by atoms with Gasteiger partial charge in [-0.3, -0.25) is 9.78 Å².